The molecule has 170 valence electrons. The second-order valence-electron chi connectivity index (χ2n) is 8.19. The van der Waals surface area contributed by atoms with Crippen LogP contribution < -0.4 is 5.56 Å². The van der Waals surface area contributed by atoms with Crippen molar-refractivity contribution in [3.05, 3.63) is 76.0 Å². The number of benzene rings is 2. The number of thioether (sulfide) groups is 1. The molecular weight excluding hydrogens is 438 g/mol. The highest BCUT2D eigenvalue weighted by Crippen LogP contribution is 2.30. The Hall–Kier alpha value is -3.10. The summed E-state index contributed by atoms with van der Waals surface area (Å²) in [5.41, 5.74) is 1.97. The van der Waals surface area contributed by atoms with Crippen molar-refractivity contribution in [3.8, 4) is 0 Å². The molecule has 1 amide bonds. The first-order valence-electron chi connectivity index (χ1n) is 11.0. The number of aromatic nitrogens is 2. The number of para-hydroxylation sites is 2. The highest BCUT2D eigenvalue weighted by Gasteiger charge is 2.29. The third kappa shape index (κ3) is 4.41. The van der Waals surface area contributed by atoms with Gasteiger partial charge in [0, 0.05) is 29.9 Å². The van der Waals surface area contributed by atoms with Crippen LogP contribution in [0.5, 0.6) is 0 Å². The van der Waals surface area contributed by atoms with Crippen LogP contribution in [0.2, 0.25) is 0 Å². The predicted octanol–water partition coefficient (Wildman–Crippen LogP) is 4.35. The van der Waals surface area contributed by atoms with Gasteiger partial charge < -0.3 is 19.0 Å². The first-order chi connectivity index (χ1) is 16.1. The minimum atomic E-state index is -0.221. The summed E-state index contributed by atoms with van der Waals surface area (Å²) in [6, 6.07) is 14.9. The molecule has 0 spiro atoms. The van der Waals surface area contributed by atoms with Crippen LogP contribution in [-0.4, -0.2) is 46.3 Å². The monoisotopic (exact) mass is 463 g/mol. The predicted molar refractivity (Wildman–Crippen MR) is 130 cm³/mol. The molecule has 1 aliphatic rings. The van der Waals surface area contributed by atoms with Gasteiger partial charge in [-0.3, -0.25) is 9.59 Å². The molecule has 1 unspecified atom stereocenters. The van der Waals surface area contributed by atoms with Crippen LogP contribution in [0.4, 0.5) is 0 Å². The molecule has 0 bridgehead atoms. The zero-order valence-corrected chi connectivity index (χ0v) is 19.2. The van der Waals surface area contributed by atoms with Crippen molar-refractivity contribution in [2.24, 2.45) is 0 Å². The van der Waals surface area contributed by atoms with Crippen molar-refractivity contribution in [3.63, 3.8) is 0 Å². The number of hydrogen-bond acceptors (Lipinski definition) is 6. The number of carbonyl (C=O) groups excluding carboxylic acids is 1. The van der Waals surface area contributed by atoms with Gasteiger partial charge >= 0.3 is 0 Å². The fourth-order valence-electron chi connectivity index (χ4n) is 4.35. The molecule has 33 heavy (non-hydrogen) atoms. The van der Waals surface area contributed by atoms with Gasteiger partial charge in [0.05, 0.1) is 23.6 Å². The average Bonchev–Trinajstić information content (AvgIpc) is 3.47. The number of amides is 1. The third-order valence-corrected chi connectivity index (χ3v) is 6.50. The van der Waals surface area contributed by atoms with Crippen LogP contribution in [0.3, 0.4) is 0 Å². The van der Waals surface area contributed by atoms with Crippen molar-refractivity contribution >= 4 is 39.5 Å². The third-order valence-electron chi connectivity index (χ3n) is 5.92. The number of fused-ring (bicyclic) bond motifs is 2. The molecule has 1 aliphatic heterocycles. The number of furan rings is 1. The molecule has 1 saturated heterocycles. The fraction of sp³-hybridized carbons (Fsp3) is 0.320. The Morgan fingerprint density at radius 1 is 1.18 bits per heavy atom. The van der Waals surface area contributed by atoms with E-state index in [-0.39, 0.29) is 24.1 Å². The van der Waals surface area contributed by atoms with Crippen molar-refractivity contribution < 1.29 is 13.9 Å². The number of nitrogens with zero attached hydrogens (tertiary/aromatic N) is 2. The Bertz CT molecular complexity index is 1360. The topological polar surface area (TPSA) is 88.4 Å². The number of ether oxygens (including phenoxy) is 1. The van der Waals surface area contributed by atoms with Crippen LogP contribution in [0, 0.1) is 0 Å². The van der Waals surface area contributed by atoms with E-state index in [1.807, 2.05) is 36.6 Å². The fourth-order valence-corrected chi connectivity index (χ4v) is 4.92. The molecule has 2 aromatic carbocycles. The van der Waals surface area contributed by atoms with Gasteiger partial charge in [-0.2, -0.15) is 11.8 Å². The van der Waals surface area contributed by atoms with Gasteiger partial charge in [-0.1, -0.05) is 30.3 Å². The minimum Gasteiger partial charge on any atom is -0.451 e. The van der Waals surface area contributed by atoms with E-state index in [1.54, 1.807) is 34.9 Å². The van der Waals surface area contributed by atoms with E-state index in [0.29, 0.717) is 47.0 Å². The van der Waals surface area contributed by atoms with Crippen LogP contribution in [-0.2, 0) is 17.0 Å². The van der Waals surface area contributed by atoms with E-state index >= 15 is 0 Å². The smallest absolute Gasteiger partial charge is 0.290 e. The summed E-state index contributed by atoms with van der Waals surface area (Å²) in [7, 11) is 0. The second-order valence-corrected chi connectivity index (χ2v) is 9.06. The van der Waals surface area contributed by atoms with E-state index in [4.69, 9.17) is 9.15 Å². The van der Waals surface area contributed by atoms with E-state index in [2.05, 4.69) is 9.97 Å². The standard InChI is InChI=1S/C25H25N3O4S/c1-33-15-19-17-8-3-5-11-21(17)32-23(19)25(30)28(13-16-7-6-12-31-16)14-22-26-20-10-4-2-9-18(20)24(29)27-22/h2-5,8-11,16H,6-7,12-15H2,1H3,(H,26,27,29). The highest BCUT2D eigenvalue weighted by molar-refractivity contribution is 7.97. The molecule has 1 fully saturated rings. The van der Waals surface area contributed by atoms with Crippen molar-refractivity contribution in [2.75, 3.05) is 19.4 Å². The Morgan fingerprint density at radius 2 is 1.97 bits per heavy atom. The molecule has 5 rings (SSSR count). The Morgan fingerprint density at radius 3 is 2.76 bits per heavy atom. The van der Waals surface area contributed by atoms with E-state index < -0.39 is 0 Å². The lowest BCUT2D eigenvalue weighted by molar-refractivity contribution is 0.0479. The quantitative estimate of drug-likeness (QED) is 0.438. The molecule has 2 aromatic heterocycles. The molecule has 1 N–H and O–H groups in total. The number of hydrogen-bond donors (Lipinski definition) is 1. The zero-order valence-electron chi connectivity index (χ0n) is 18.4. The molecule has 3 heterocycles. The average molecular weight is 464 g/mol. The maximum absolute atomic E-state index is 13.8. The van der Waals surface area contributed by atoms with Gasteiger partial charge in [0.1, 0.15) is 11.4 Å². The van der Waals surface area contributed by atoms with Crippen molar-refractivity contribution in [1.29, 1.82) is 0 Å². The summed E-state index contributed by atoms with van der Waals surface area (Å²) < 4.78 is 11.9. The minimum absolute atomic E-state index is 0.0468. The first-order valence-corrected chi connectivity index (χ1v) is 12.4. The van der Waals surface area contributed by atoms with Gasteiger partial charge in [-0.05, 0) is 37.3 Å². The summed E-state index contributed by atoms with van der Waals surface area (Å²) in [6.45, 7) is 1.26. The number of rotatable bonds is 7. The van der Waals surface area contributed by atoms with Gasteiger partial charge in [0.15, 0.2) is 5.76 Å². The summed E-state index contributed by atoms with van der Waals surface area (Å²) >= 11 is 1.64. The van der Waals surface area contributed by atoms with E-state index in [0.717, 1.165) is 23.8 Å². The molecule has 0 saturated carbocycles. The normalized spacial score (nSPS) is 16.0. The lowest BCUT2D eigenvalue weighted by atomic mass is 10.1. The van der Waals surface area contributed by atoms with Gasteiger partial charge in [-0.15, -0.1) is 0 Å². The maximum atomic E-state index is 13.8. The first kappa shape index (κ1) is 21.7. The molecule has 0 aliphatic carbocycles. The molecule has 0 radical (unpaired) electrons. The van der Waals surface area contributed by atoms with Crippen molar-refractivity contribution in [1.82, 2.24) is 14.9 Å². The van der Waals surface area contributed by atoms with Gasteiger partial charge in [-0.25, -0.2) is 4.98 Å². The molecular formula is C25H25N3O4S. The summed E-state index contributed by atoms with van der Waals surface area (Å²) in [6.07, 6.45) is 3.82. The number of aromatic amines is 1. The summed E-state index contributed by atoms with van der Waals surface area (Å²) in [5.74, 6) is 1.22. The number of H-pyrrole nitrogens is 1. The molecule has 8 heteroatoms. The largest absolute Gasteiger partial charge is 0.451 e. The van der Waals surface area contributed by atoms with Gasteiger partial charge in [0.2, 0.25) is 0 Å². The lowest BCUT2D eigenvalue weighted by Gasteiger charge is -2.24. The van der Waals surface area contributed by atoms with E-state index in [9.17, 15) is 9.59 Å². The van der Waals surface area contributed by atoms with E-state index in [1.165, 1.54) is 0 Å². The number of carbonyl (C=O) groups is 1. The second kappa shape index (κ2) is 9.41. The van der Waals surface area contributed by atoms with Crippen LogP contribution >= 0.6 is 11.8 Å². The Balaban J connectivity index is 1.53. The Kier molecular flexibility index (Phi) is 6.20. The lowest BCUT2D eigenvalue weighted by Crippen LogP contribution is -2.38. The Labute approximate surface area is 195 Å². The van der Waals surface area contributed by atoms with Crippen molar-refractivity contribution in [2.45, 2.75) is 31.2 Å². The highest BCUT2D eigenvalue weighted by atomic mass is 32.2. The molecule has 1 atom stereocenters. The maximum Gasteiger partial charge on any atom is 0.290 e. The summed E-state index contributed by atoms with van der Waals surface area (Å²) in [4.78, 5) is 35.5. The molecule has 4 aromatic rings. The SMILES string of the molecule is CSCc1c(C(=O)N(Cc2nc3ccccc3c(=O)[nH]2)CC2CCCO2)oc2ccccc12. The van der Waals surface area contributed by atoms with Crippen LogP contribution in [0.25, 0.3) is 21.9 Å². The van der Waals surface area contributed by atoms with Gasteiger partial charge in [0.25, 0.3) is 11.5 Å². The molecule has 7 nitrogen and oxygen atoms in total. The zero-order chi connectivity index (χ0) is 22.8. The van der Waals surface area contributed by atoms with Crippen LogP contribution in [0.1, 0.15) is 34.8 Å². The van der Waals surface area contributed by atoms with Crippen LogP contribution in [0.15, 0.2) is 57.7 Å². The summed E-state index contributed by atoms with van der Waals surface area (Å²) in [5, 5.41) is 1.47. The number of nitrogens with one attached hydrogen (secondary N) is 1.